The number of benzene rings is 1. The first kappa shape index (κ1) is 14.5. The van der Waals surface area contributed by atoms with E-state index in [2.05, 4.69) is 30.9 Å². The summed E-state index contributed by atoms with van der Waals surface area (Å²) in [4.78, 5) is 2.43. The lowest BCUT2D eigenvalue weighted by Gasteiger charge is -2.23. The highest BCUT2D eigenvalue weighted by Gasteiger charge is 2.18. The number of rotatable bonds is 4. The molecule has 2 rings (SSSR count). The third kappa shape index (κ3) is 4.32. The van der Waals surface area contributed by atoms with Gasteiger partial charge in [-0.05, 0) is 50.8 Å². The van der Waals surface area contributed by atoms with Gasteiger partial charge in [-0.15, -0.1) is 0 Å². The van der Waals surface area contributed by atoms with Gasteiger partial charge in [0.2, 0.25) is 0 Å². The molecule has 2 nitrogen and oxygen atoms in total. The number of aliphatic hydroxyl groups excluding tert-OH is 1. The van der Waals surface area contributed by atoms with Crippen molar-refractivity contribution in [1.29, 1.82) is 0 Å². The van der Waals surface area contributed by atoms with E-state index >= 15 is 0 Å². The Morgan fingerprint density at radius 1 is 1.21 bits per heavy atom. The Balaban J connectivity index is 1.88. The molecule has 2 unspecified atom stereocenters. The lowest BCUT2D eigenvalue weighted by molar-refractivity contribution is 0.114. The molecule has 1 fully saturated rings. The largest absolute Gasteiger partial charge is 0.387 e. The molecule has 1 heterocycles. The Hall–Kier alpha value is -0.860. The van der Waals surface area contributed by atoms with Crippen LogP contribution >= 0.6 is 0 Å². The Morgan fingerprint density at radius 2 is 1.95 bits per heavy atom. The first-order chi connectivity index (χ1) is 9.19. The van der Waals surface area contributed by atoms with Crippen LogP contribution in [0.3, 0.4) is 0 Å². The molecule has 1 aliphatic heterocycles. The van der Waals surface area contributed by atoms with Gasteiger partial charge in [-0.2, -0.15) is 0 Å². The molecule has 0 bridgehead atoms. The minimum Gasteiger partial charge on any atom is -0.387 e. The molecule has 0 saturated carbocycles. The van der Waals surface area contributed by atoms with Crippen LogP contribution in [0.2, 0.25) is 0 Å². The number of aliphatic hydroxyl groups is 1. The number of β-amino-alcohol motifs (C(OH)–C–C–N with tert-alkyl or cyclic N) is 1. The van der Waals surface area contributed by atoms with Gasteiger partial charge in [0.1, 0.15) is 0 Å². The molecule has 0 spiro atoms. The van der Waals surface area contributed by atoms with Gasteiger partial charge in [-0.1, -0.05) is 43.2 Å². The molecule has 0 radical (unpaired) electrons. The summed E-state index contributed by atoms with van der Waals surface area (Å²) in [6, 6.07) is 8.25. The van der Waals surface area contributed by atoms with Crippen LogP contribution in [-0.2, 0) is 0 Å². The van der Waals surface area contributed by atoms with Crippen LogP contribution in [-0.4, -0.2) is 29.6 Å². The van der Waals surface area contributed by atoms with E-state index in [4.69, 9.17) is 0 Å². The fraction of sp³-hybridized carbons (Fsp3) is 0.647. The van der Waals surface area contributed by atoms with Crippen molar-refractivity contribution in [3.05, 3.63) is 35.4 Å². The van der Waals surface area contributed by atoms with E-state index in [1.54, 1.807) is 0 Å². The zero-order valence-corrected chi connectivity index (χ0v) is 12.3. The summed E-state index contributed by atoms with van der Waals surface area (Å²) >= 11 is 0. The fourth-order valence-electron chi connectivity index (χ4n) is 2.95. The van der Waals surface area contributed by atoms with Gasteiger partial charge in [0.15, 0.2) is 0 Å². The van der Waals surface area contributed by atoms with Crippen LogP contribution in [0, 0.1) is 12.8 Å². The molecule has 0 aromatic heterocycles. The van der Waals surface area contributed by atoms with Crippen LogP contribution in [0.1, 0.15) is 49.8 Å². The maximum absolute atomic E-state index is 10.3. The molecule has 2 atom stereocenters. The molecular formula is C17H27NO. The molecule has 106 valence electrons. The number of aryl methyl sites for hydroxylation is 1. The van der Waals surface area contributed by atoms with E-state index < -0.39 is 0 Å². The third-order valence-corrected chi connectivity index (χ3v) is 4.41. The highest BCUT2D eigenvalue weighted by atomic mass is 16.3. The van der Waals surface area contributed by atoms with Gasteiger partial charge < -0.3 is 10.0 Å². The smallest absolute Gasteiger partial charge is 0.0916 e. The molecule has 0 aliphatic carbocycles. The van der Waals surface area contributed by atoms with Gasteiger partial charge in [0.25, 0.3) is 0 Å². The lowest BCUT2D eigenvalue weighted by atomic mass is 9.98. The van der Waals surface area contributed by atoms with Crippen molar-refractivity contribution < 1.29 is 5.11 Å². The highest BCUT2D eigenvalue weighted by Crippen LogP contribution is 2.22. The SMILES string of the molecule is CCC1CCCN(CC(O)c2ccc(C)cc2)CC1. The van der Waals surface area contributed by atoms with Crippen molar-refractivity contribution in [2.24, 2.45) is 5.92 Å². The number of likely N-dealkylation sites (tertiary alicyclic amines) is 1. The van der Waals surface area contributed by atoms with Crippen molar-refractivity contribution in [1.82, 2.24) is 4.90 Å². The average Bonchev–Trinajstić information content (AvgIpc) is 2.64. The van der Waals surface area contributed by atoms with E-state index in [-0.39, 0.29) is 6.10 Å². The minimum atomic E-state index is -0.348. The first-order valence-corrected chi connectivity index (χ1v) is 7.66. The number of hydrogen-bond donors (Lipinski definition) is 1. The van der Waals surface area contributed by atoms with E-state index in [0.717, 1.165) is 31.1 Å². The van der Waals surface area contributed by atoms with Crippen molar-refractivity contribution in [3.63, 3.8) is 0 Å². The van der Waals surface area contributed by atoms with Crippen LogP contribution in [0.5, 0.6) is 0 Å². The quantitative estimate of drug-likeness (QED) is 0.896. The molecule has 0 amide bonds. The number of nitrogens with zero attached hydrogens (tertiary/aromatic N) is 1. The fourth-order valence-corrected chi connectivity index (χ4v) is 2.95. The van der Waals surface area contributed by atoms with Crippen LogP contribution in [0.4, 0.5) is 0 Å². The van der Waals surface area contributed by atoms with E-state index in [1.807, 2.05) is 12.1 Å². The van der Waals surface area contributed by atoms with Gasteiger partial charge in [0.05, 0.1) is 6.10 Å². The van der Waals surface area contributed by atoms with Crippen molar-refractivity contribution in [2.75, 3.05) is 19.6 Å². The molecule has 1 aromatic carbocycles. The molecule has 1 N–H and O–H groups in total. The predicted octanol–water partition coefficient (Wildman–Crippen LogP) is 3.54. The molecule has 1 saturated heterocycles. The second-order valence-electron chi connectivity index (χ2n) is 5.93. The van der Waals surface area contributed by atoms with E-state index in [0.29, 0.717) is 0 Å². The third-order valence-electron chi connectivity index (χ3n) is 4.41. The maximum Gasteiger partial charge on any atom is 0.0916 e. The maximum atomic E-state index is 10.3. The zero-order chi connectivity index (χ0) is 13.7. The predicted molar refractivity (Wildman–Crippen MR) is 80.2 cm³/mol. The minimum absolute atomic E-state index is 0.348. The summed E-state index contributed by atoms with van der Waals surface area (Å²) in [6.07, 6.45) is 4.87. The monoisotopic (exact) mass is 261 g/mol. The van der Waals surface area contributed by atoms with E-state index in [9.17, 15) is 5.11 Å². The lowest BCUT2D eigenvalue weighted by Crippen LogP contribution is -2.29. The average molecular weight is 261 g/mol. The van der Waals surface area contributed by atoms with Gasteiger partial charge in [0, 0.05) is 6.54 Å². The van der Waals surface area contributed by atoms with Crippen LogP contribution in [0.25, 0.3) is 0 Å². The Kier molecular flexibility index (Phi) is 5.41. The molecule has 1 aromatic rings. The van der Waals surface area contributed by atoms with Gasteiger partial charge >= 0.3 is 0 Å². The molecule has 2 heteroatoms. The zero-order valence-electron chi connectivity index (χ0n) is 12.3. The van der Waals surface area contributed by atoms with E-state index in [1.165, 1.54) is 31.2 Å². The first-order valence-electron chi connectivity index (χ1n) is 7.66. The summed E-state index contributed by atoms with van der Waals surface area (Å²) in [5.41, 5.74) is 2.29. The molecular weight excluding hydrogens is 234 g/mol. The van der Waals surface area contributed by atoms with Crippen LogP contribution in [0.15, 0.2) is 24.3 Å². The molecule has 1 aliphatic rings. The summed E-state index contributed by atoms with van der Waals surface area (Å²) in [5, 5.41) is 10.3. The summed E-state index contributed by atoms with van der Waals surface area (Å²) < 4.78 is 0. The summed E-state index contributed by atoms with van der Waals surface area (Å²) in [7, 11) is 0. The van der Waals surface area contributed by atoms with Crippen molar-refractivity contribution >= 4 is 0 Å². The Morgan fingerprint density at radius 3 is 2.63 bits per heavy atom. The van der Waals surface area contributed by atoms with Crippen molar-refractivity contribution in [3.8, 4) is 0 Å². The summed E-state index contributed by atoms with van der Waals surface area (Å²) in [5.74, 6) is 0.890. The summed E-state index contributed by atoms with van der Waals surface area (Å²) in [6.45, 7) is 7.43. The Bertz CT molecular complexity index is 373. The second kappa shape index (κ2) is 7.06. The Labute approximate surface area is 117 Å². The highest BCUT2D eigenvalue weighted by molar-refractivity contribution is 5.23. The molecule has 19 heavy (non-hydrogen) atoms. The normalized spacial score (nSPS) is 23.0. The van der Waals surface area contributed by atoms with Crippen molar-refractivity contribution in [2.45, 2.75) is 45.6 Å². The topological polar surface area (TPSA) is 23.5 Å². The second-order valence-corrected chi connectivity index (χ2v) is 5.93. The van der Waals surface area contributed by atoms with Gasteiger partial charge in [-0.25, -0.2) is 0 Å². The number of hydrogen-bond acceptors (Lipinski definition) is 2. The van der Waals surface area contributed by atoms with Crippen LogP contribution < -0.4 is 0 Å². The van der Waals surface area contributed by atoms with Gasteiger partial charge in [-0.3, -0.25) is 0 Å². The standard InChI is InChI=1S/C17H27NO/c1-3-15-5-4-11-18(12-10-15)13-17(19)16-8-6-14(2)7-9-16/h6-9,15,17,19H,3-5,10-13H2,1-2H3.